The van der Waals surface area contributed by atoms with Crippen molar-refractivity contribution in [3.63, 3.8) is 0 Å². The van der Waals surface area contributed by atoms with Gasteiger partial charge in [0.1, 0.15) is 18.9 Å². The van der Waals surface area contributed by atoms with Crippen LogP contribution in [-0.4, -0.2) is 18.6 Å². The van der Waals surface area contributed by atoms with Gasteiger partial charge in [-0.3, -0.25) is 4.79 Å². The van der Waals surface area contributed by atoms with Crippen molar-refractivity contribution >= 4 is 12.1 Å². The Balaban J connectivity index is 1.65. The van der Waals surface area contributed by atoms with E-state index in [0.717, 1.165) is 18.4 Å². The van der Waals surface area contributed by atoms with E-state index in [-0.39, 0.29) is 13.2 Å². The Labute approximate surface area is 123 Å². The van der Waals surface area contributed by atoms with Crippen LogP contribution in [0.1, 0.15) is 18.4 Å². The first-order valence-corrected chi connectivity index (χ1v) is 6.76. The summed E-state index contributed by atoms with van der Waals surface area (Å²) >= 11 is 0. The lowest BCUT2D eigenvalue weighted by molar-refractivity contribution is -0.143. The quantitative estimate of drug-likeness (QED) is 0.846. The number of ether oxygens (including phenoxy) is 2. The van der Waals surface area contributed by atoms with Crippen LogP contribution in [0.15, 0.2) is 54.3 Å². The van der Waals surface area contributed by atoms with Crippen molar-refractivity contribution in [1.82, 2.24) is 5.32 Å². The molecule has 0 heterocycles. The van der Waals surface area contributed by atoms with Gasteiger partial charge in [-0.2, -0.15) is 0 Å². The molecule has 5 heteroatoms. The molecule has 1 amide bonds. The van der Waals surface area contributed by atoms with Gasteiger partial charge < -0.3 is 14.8 Å². The molecule has 1 aromatic rings. The number of carbonyl (C=O) groups is 2. The molecule has 0 atom stereocenters. The van der Waals surface area contributed by atoms with Crippen molar-refractivity contribution in [1.29, 1.82) is 0 Å². The van der Waals surface area contributed by atoms with Gasteiger partial charge in [0.05, 0.1) is 0 Å². The minimum atomic E-state index is -0.663. The number of amides is 1. The molecule has 0 saturated carbocycles. The Hall–Kier alpha value is -2.56. The van der Waals surface area contributed by atoms with Gasteiger partial charge in [0.2, 0.25) is 0 Å². The lowest BCUT2D eigenvalue weighted by atomic mass is 10.2. The summed E-state index contributed by atoms with van der Waals surface area (Å²) < 4.78 is 10.1. The van der Waals surface area contributed by atoms with Crippen LogP contribution in [0, 0.1) is 0 Å². The van der Waals surface area contributed by atoms with Crippen LogP contribution >= 0.6 is 0 Å². The van der Waals surface area contributed by atoms with Crippen molar-refractivity contribution in [2.45, 2.75) is 19.4 Å². The van der Waals surface area contributed by atoms with Gasteiger partial charge in [-0.25, -0.2) is 4.79 Å². The molecular weight excluding hydrogens is 270 g/mol. The maximum Gasteiger partial charge on any atom is 0.413 e. The van der Waals surface area contributed by atoms with Crippen molar-refractivity contribution in [3.8, 4) is 0 Å². The van der Waals surface area contributed by atoms with Crippen LogP contribution in [-0.2, 0) is 20.9 Å². The number of alkyl carbamates (subject to hydrolysis) is 1. The van der Waals surface area contributed by atoms with Crippen molar-refractivity contribution < 1.29 is 19.1 Å². The average Bonchev–Trinajstić information content (AvgIpc) is 2.53. The summed E-state index contributed by atoms with van der Waals surface area (Å²) in [4.78, 5) is 23.0. The maximum absolute atomic E-state index is 11.5. The molecule has 1 aliphatic carbocycles. The highest BCUT2D eigenvalue weighted by molar-refractivity contribution is 5.78. The molecule has 0 spiro atoms. The van der Waals surface area contributed by atoms with E-state index in [0.29, 0.717) is 5.76 Å². The Morgan fingerprint density at radius 2 is 1.95 bits per heavy atom. The van der Waals surface area contributed by atoms with Gasteiger partial charge in [0.15, 0.2) is 0 Å². The number of allylic oxidation sites excluding steroid dienone is 3. The summed E-state index contributed by atoms with van der Waals surface area (Å²) in [5, 5.41) is 2.36. The molecule has 110 valence electrons. The lowest BCUT2D eigenvalue weighted by Gasteiger charge is -2.09. The predicted molar refractivity (Wildman–Crippen MR) is 77.2 cm³/mol. The Morgan fingerprint density at radius 3 is 2.67 bits per heavy atom. The van der Waals surface area contributed by atoms with Gasteiger partial charge in [-0.1, -0.05) is 36.4 Å². The second-order valence-corrected chi connectivity index (χ2v) is 4.48. The van der Waals surface area contributed by atoms with Gasteiger partial charge in [-0.05, 0) is 30.6 Å². The zero-order valence-electron chi connectivity index (χ0n) is 11.6. The SMILES string of the molecule is O=C(CNC(=O)OC1=CCCC=C1)OCc1ccccc1. The Bertz CT molecular complexity index is 549. The number of carbonyl (C=O) groups excluding carboxylic acids is 2. The number of nitrogens with one attached hydrogen (secondary N) is 1. The summed E-state index contributed by atoms with van der Waals surface area (Å²) in [6.45, 7) is -0.0348. The van der Waals surface area contributed by atoms with Crippen molar-refractivity contribution in [2.75, 3.05) is 6.54 Å². The van der Waals surface area contributed by atoms with Crippen molar-refractivity contribution in [3.05, 3.63) is 59.9 Å². The third-order valence-electron chi connectivity index (χ3n) is 2.79. The van der Waals surface area contributed by atoms with Gasteiger partial charge in [-0.15, -0.1) is 0 Å². The minimum Gasteiger partial charge on any atom is -0.460 e. The molecule has 0 aliphatic heterocycles. The number of hydrogen-bond donors (Lipinski definition) is 1. The van der Waals surface area contributed by atoms with Crippen LogP contribution in [0.3, 0.4) is 0 Å². The molecule has 0 radical (unpaired) electrons. The predicted octanol–water partition coefficient (Wildman–Crippen LogP) is 2.69. The molecule has 0 saturated heterocycles. The maximum atomic E-state index is 11.5. The number of hydrogen-bond acceptors (Lipinski definition) is 4. The molecule has 0 aromatic heterocycles. The lowest BCUT2D eigenvalue weighted by Crippen LogP contribution is -2.30. The second-order valence-electron chi connectivity index (χ2n) is 4.48. The first-order chi connectivity index (χ1) is 10.2. The van der Waals surface area contributed by atoms with E-state index in [4.69, 9.17) is 9.47 Å². The molecular formula is C16H17NO4. The van der Waals surface area contributed by atoms with E-state index < -0.39 is 12.1 Å². The first kappa shape index (κ1) is 14.8. The van der Waals surface area contributed by atoms with Crippen LogP contribution < -0.4 is 5.32 Å². The third-order valence-corrected chi connectivity index (χ3v) is 2.79. The van der Waals surface area contributed by atoms with E-state index in [1.165, 1.54) is 0 Å². The fourth-order valence-electron chi connectivity index (χ4n) is 1.74. The van der Waals surface area contributed by atoms with Gasteiger partial charge in [0, 0.05) is 0 Å². The summed E-state index contributed by atoms with van der Waals surface area (Å²) in [5.41, 5.74) is 0.894. The fourth-order valence-corrected chi connectivity index (χ4v) is 1.74. The number of esters is 1. The molecule has 0 bridgehead atoms. The molecule has 2 rings (SSSR count). The molecule has 0 fully saturated rings. The first-order valence-electron chi connectivity index (χ1n) is 6.76. The summed E-state index contributed by atoms with van der Waals surface area (Å²) in [7, 11) is 0. The van der Waals surface area contributed by atoms with Gasteiger partial charge >= 0.3 is 12.1 Å². The highest BCUT2D eigenvalue weighted by atomic mass is 16.6. The Morgan fingerprint density at radius 1 is 1.14 bits per heavy atom. The van der Waals surface area contributed by atoms with E-state index in [1.807, 2.05) is 42.5 Å². The molecule has 1 aromatic carbocycles. The van der Waals surface area contributed by atoms with E-state index in [9.17, 15) is 9.59 Å². The largest absolute Gasteiger partial charge is 0.460 e. The van der Waals surface area contributed by atoms with Crippen molar-refractivity contribution in [2.24, 2.45) is 0 Å². The topological polar surface area (TPSA) is 64.6 Å². The second kappa shape index (κ2) is 7.89. The van der Waals surface area contributed by atoms with Crippen LogP contribution in [0.4, 0.5) is 4.79 Å². The molecule has 5 nitrogen and oxygen atoms in total. The monoisotopic (exact) mass is 287 g/mol. The summed E-state index contributed by atoms with van der Waals surface area (Å²) in [5.74, 6) is -0.0135. The smallest absolute Gasteiger partial charge is 0.413 e. The summed E-state index contributed by atoms with van der Waals surface area (Å²) in [6, 6.07) is 9.33. The Kier molecular flexibility index (Phi) is 5.58. The molecule has 1 aliphatic rings. The summed E-state index contributed by atoms with van der Waals surface area (Å²) in [6.07, 6.45) is 6.61. The third kappa shape index (κ3) is 5.52. The van der Waals surface area contributed by atoms with Gasteiger partial charge in [0.25, 0.3) is 0 Å². The van der Waals surface area contributed by atoms with Crippen LogP contribution in [0.5, 0.6) is 0 Å². The molecule has 1 N–H and O–H groups in total. The standard InChI is InChI=1S/C16H17NO4/c18-15(20-12-13-7-3-1-4-8-13)11-17-16(19)21-14-9-5-2-6-10-14/h1,3-5,7-10H,2,6,11-12H2,(H,17,19). The highest BCUT2D eigenvalue weighted by Gasteiger charge is 2.09. The molecule has 21 heavy (non-hydrogen) atoms. The van der Waals surface area contributed by atoms with E-state index >= 15 is 0 Å². The number of benzene rings is 1. The molecule has 0 unspecified atom stereocenters. The van der Waals surface area contributed by atoms with E-state index in [1.54, 1.807) is 6.08 Å². The van der Waals surface area contributed by atoms with Crippen LogP contribution in [0.25, 0.3) is 0 Å². The fraction of sp³-hybridized carbons (Fsp3) is 0.250. The van der Waals surface area contributed by atoms with E-state index in [2.05, 4.69) is 5.32 Å². The van der Waals surface area contributed by atoms with Crippen LogP contribution in [0.2, 0.25) is 0 Å². The zero-order valence-corrected chi connectivity index (χ0v) is 11.6. The zero-order chi connectivity index (χ0) is 14.9. The normalized spacial score (nSPS) is 13.2. The minimum absolute atomic E-state index is 0.185. The average molecular weight is 287 g/mol. The highest BCUT2D eigenvalue weighted by Crippen LogP contribution is 2.10. The number of rotatable bonds is 5.